The fourth-order valence-corrected chi connectivity index (χ4v) is 1.12. The van der Waals surface area contributed by atoms with Gasteiger partial charge in [-0.2, -0.15) is 0 Å². The van der Waals surface area contributed by atoms with Crippen LogP contribution in [0.3, 0.4) is 0 Å². The monoisotopic (exact) mass is 237 g/mol. The van der Waals surface area contributed by atoms with Crippen LogP contribution in [0.15, 0.2) is 16.6 Å². The third-order valence-corrected chi connectivity index (χ3v) is 1.68. The molecule has 0 fully saturated rings. The highest BCUT2D eigenvalue weighted by atomic mass is 79.9. The first-order chi connectivity index (χ1) is 5.52. The summed E-state index contributed by atoms with van der Waals surface area (Å²) in [6.45, 7) is 0. The van der Waals surface area contributed by atoms with E-state index in [0.29, 0.717) is 4.47 Å². The van der Waals surface area contributed by atoms with Crippen molar-refractivity contribution in [1.82, 2.24) is 0 Å². The lowest BCUT2D eigenvalue weighted by Gasteiger charge is -2.10. The number of hydrogen-bond acceptors (Lipinski definition) is 4. The Morgan fingerprint density at radius 1 is 1.33 bits per heavy atom. The molecule has 0 aromatic heterocycles. The third kappa shape index (κ3) is 1.66. The molecule has 3 N–H and O–H groups in total. The molecular weight excluding hydrogens is 233 g/mol. The molecule has 66 valence electrons. The lowest BCUT2D eigenvalue weighted by atomic mass is 10.3. The van der Waals surface area contributed by atoms with Gasteiger partial charge in [-0.15, -0.1) is 5.23 Å². The van der Waals surface area contributed by atoms with Crippen molar-refractivity contribution in [2.24, 2.45) is 0 Å². The van der Waals surface area contributed by atoms with Crippen LogP contribution in [0.5, 0.6) is 5.75 Å². The van der Waals surface area contributed by atoms with Crippen molar-refractivity contribution in [1.29, 1.82) is 0 Å². The molecule has 0 spiro atoms. The number of nitrogens with zero attached hydrogens (tertiary/aromatic N) is 1. The molecule has 0 bridgehead atoms. The Balaban J connectivity index is 3.28. The first-order valence-corrected chi connectivity index (χ1v) is 3.67. The average molecular weight is 238 g/mol. The van der Waals surface area contributed by atoms with Gasteiger partial charge in [0.15, 0.2) is 11.6 Å². The van der Waals surface area contributed by atoms with E-state index in [1.54, 1.807) is 0 Å². The molecular formula is C6H5BrFNO3. The van der Waals surface area contributed by atoms with Gasteiger partial charge in [-0.05, 0) is 12.1 Å². The van der Waals surface area contributed by atoms with Gasteiger partial charge in [-0.1, -0.05) is 15.9 Å². The Hall–Kier alpha value is -0.850. The van der Waals surface area contributed by atoms with Crippen molar-refractivity contribution in [3.05, 3.63) is 22.4 Å². The van der Waals surface area contributed by atoms with E-state index in [2.05, 4.69) is 15.9 Å². The fraction of sp³-hybridized carbons (Fsp3) is 0. The van der Waals surface area contributed by atoms with Crippen LogP contribution in [-0.2, 0) is 0 Å². The third-order valence-electron chi connectivity index (χ3n) is 1.22. The molecule has 0 atom stereocenters. The molecule has 6 heteroatoms. The summed E-state index contributed by atoms with van der Waals surface area (Å²) in [5.41, 5.74) is -0.429. The Bertz CT molecular complexity index is 305. The lowest BCUT2D eigenvalue weighted by molar-refractivity contribution is 0.0276. The van der Waals surface area contributed by atoms with E-state index >= 15 is 0 Å². The van der Waals surface area contributed by atoms with E-state index in [-0.39, 0.29) is 5.23 Å². The molecule has 1 aromatic rings. The summed E-state index contributed by atoms with van der Waals surface area (Å²) in [7, 11) is 0. The van der Waals surface area contributed by atoms with Crippen molar-refractivity contribution in [2.75, 3.05) is 5.23 Å². The van der Waals surface area contributed by atoms with Gasteiger partial charge in [0.1, 0.15) is 5.69 Å². The molecule has 0 aliphatic rings. The second kappa shape index (κ2) is 3.26. The summed E-state index contributed by atoms with van der Waals surface area (Å²) in [6.07, 6.45) is 0. The van der Waals surface area contributed by atoms with Gasteiger partial charge in [0.05, 0.1) is 0 Å². The Labute approximate surface area is 75.5 Å². The molecule has 1 rings (SSSR count). The van der Waals surface area contributed by atoms with E-state index < -0.39 is 17.3 Å². The van der Waals surface area contributed by atoms with E-state index in [9.17, 15) is 4.39 Å². The second-order valence-corrected chi connectivity index (χ2v) is 2.96. The highest BCUT2D eigenvalue weighted by Gasteiger charge is 2.12. The van der Waals surface area contributed by atoms with Crippen molar-refractivity contribution in [3.63, 3.8) is 0 Å². The maximum Gasteiger partial charge on any atom is 0.180 e. The molecule has 0 heterocycles. The lowest BCUT2D eigenvalue weighted by Crippen LogP contribution is -2.11. The molecule has 12 heavy (non-hydrogen) atoms. The molecule has 0 amide bonds. The molecule has 1 aromatic carbocycles. The van der Waals surface area contributed by atoms with Crippen molar-refractivity contribution >= 4 is 21.6 Å². The Morgan fingerprint density at radius 2 is 1.92 bits per heavy atom. The summed E-state index contributed by atoms with van der Waals surface area (Å²) < 4.78 is 13.0. The number of halogens is 2. The Kier molecular flexibility index (Phi) is 2.51. The normalized spacial score (nSPS) is 10.0. The van der Waals surface area contributed by atoms with Crippen LogP contribution >= 0.6 is 15.9 Å². The number of hydrogen-bond donors (Lipinski definition) is 3. The summed E-state index contributed by atoms with van der Waals surface area (Å²) in [4.78, 5) is 0. The van der Waals surface area contributed by atoms with E-state index in [4.69, 9.17) is 15.5 Å². The number of benzene rings is 1. The number of aromatic hydroxyl groups is 1. The zero-order valence-corrected chi connectivity index (χ0v) is 7.29. The van der Waals surface area contributed by atoms with E-state index in [0.717, 1.165) is 12.1 Å². The standard InChI is InChI=1S/C6H5BrFNO3/c7-3-1-4(8)6(10)5(2-3)9(11)12/h1-2,10-12H. The summed E-state index contributed by atoms with van der Waals surface area (Å²) in [5, 5.41) is 25.6. The largest absolute Gasteiger partial charge is 0.503 e. The van der Waals surface area contributed by atoms with Crippen molar-refractivity contribution in [2.45, 2.75) is 0 Å². The van der Waals surface area contributed by atoms with Crippen molar-refractivity contribution in [3.8, 4) is 5.75 Å². The predicted molar refractivity (Wildman–Crippen MR) is 41.8 cm³/mol. The van der Waals surface area contributed by atoms with Crippen molar-refractivity contribution < 1.29 is 19.9 Å². The SMILES string of the molecule is Oc1c(F)cc(Br)cc1N(O)O. The van der Waals surface area contributed by atoms with Crippen LogP contribution in [0, 0.1) is 5.82 Å². The van der Waals surface area contributed by atoms with Crippen LogP contribution in [0.1, 0.15) is 0 Å². The second-order valence-electron chi connectivity index (χ2n) is 2.04. The smallest absolute Gasteiger partial charge is 0.180 e. The van der Waals surface area contributed by atoms with E-state index in [1.807, 2.05) is 0 Å². The minimum Gasteiger partial charge on any atom is -0.503 e. The maximum absolute atomic E-state index is 12.7. The molecule has 0 radical (unpaired) electrons. The minimum atomic E-state index is -0.938. The molecule has 4 nitrogen and oxygen atoms in total. The number of anilines is 1. The van der Waals surface area contributed by atoms with Gasteiger partial charge in [-0.25, -0.2) is 4.39 Å². The van der Waals surface area contributed by atoms with Crippen LogP contribution in [-0.4, -0.2) is 15.5 Å². The fourth-order valence-electron chi connectivity index (χ4n) is 0.705. The van der Waals surface area contributed by atoms with Crippen LogP contribution < -0.4 is 5.23 Å². The highest BCUT2D eigenvalue weighted by Crippen LogP contribution is 2.31. The average Bonchev–Trinajstić information content (AvgIpc) is 1.96. The molecule has 0 aliphatic heterocycles. The molecule has 0 unspecified atom stereocenters. The van der Waals surface area contributed by atoms with Gasteiger partial charge >= 0.3 is 0 Å². The molecule has 0 saturated carbocycles. The van der Waals surface area contributed by atoms with Crippen LogP contribution in [0.4, 0.5) is 10.1 Å². The number of rotatable bonds is 1. The Morgan fingerprint density at radius 3 is 2.42 bits per heavy atom. The van der Waals surface area contributed by atoms with Gasteiger partial charge in [0.2, 0.25) is 0 Å². The maximum atomic E-state index is 12.7. The van der Waals surface area contributed by atoms with Gasteiger partial charge in [0.25, 0.3) is 0 Å². The summed E-state index contributed by atoms with van der Waals surface area (Å²) in [6, 6.07) is 2.15. The molecule has 0 aliphatic carbocycles. The van der Waals surface area contributed by atoms with Gasteiger partial charge in [-0.3, -0.25) is 10.4 Å². The van der Waals surface area contributed by atoms with Crippen LogP contribution in [0.25, 0.3) is 0 Å². The first kappa shape index (κ1) is 9.24. The zero-order chi connectivity index (χ0) is 9.30. The first-order valence-electron chi connectivity index (χ1n) is 2.88. The number of phenols is 1. The zero-order valence-electron chi connectivity index (χ0n) is 5.70. The van der Waals surface area contributed by atoms with Gasteiger partial charge in [0, 0.05) is 4.47 Å². The quantitative estimate of drug-likeness (QED) is 0.653. The number of phenolic OH excluding ortho intramolecular Hbond substituents is 1. The summed E-state index contributed by atoms with van der Waals surface area (Å²) >= 11 is 2.92. The van der Waals surface area contributed by atoms with Gasteiger partial charge < -0.3 is 5.11 Å². The summed E-state index contributed by atoms with van der Waals surface area (Å²) in [5.74, 6) is -1.75. The predicted octanol–water partition coefficient (Wildman–Crippen LogP) is 1.88. The topological polar surface area (TPSA) is 63.9 Å². The minimum absolute atomic E-state index is 0.293. The van der Waals surface area contributed by atoms with E-state index in [1.165, 1.54) is 0 Å². The van der Waals surface area contributed by atoms with Crippen LogP contribution in [0.2, 0.25) is 0 Å². The highest BCUT2D eigenvalue weighted by molar-refractivity contribution is 9.10. The molecule has 0 saturated heterocycles.